The lowest BCUT2D eigenvalue weighted by Gasteiger charge is -2.14. The molecule has 1 aliphatic rings. The van der Waals surface area contributed by atoms with Crippen LogP contribution in [0.2, 0.25) is 0 Å². The van der Waals surface area contributed by atoms with Crippen LogP contribution in [-0.4, -0.2) is 17.7 Å². The Balaban J connectivity index is 1.62. The highest BCUT2D eigenvalue weighted by Gasteiger charge is 2.41. The lowest BCUT2D eigenvalue weighted by molar-refractivity contribution is 0.0925. The second-order valence-corrected chi connectivity index (χ2v) is 10.5. The van der Waals surface area contributed by atoms with Gasteiger partial charge in [-0.05, 0) is 125 Å². The van der Waals surface area contributed by atoms with Crippen LogP contribution in [0.15, 0.2) is 60.4 Å². The number of hydrogen-bond donors (Lipinski definition) is 1. The Hall–Kier alpha value is -1.81. The molecule has 0 fully saturated rings. The van der Waals surface area contributed by atoms with Crippen LogP contribution in [0.5, 0.6) is 0 Å². The van der Waals surface area contributed by atoms with E-state index in [1.54, 1.807) is 24.3 Å². The number of hydrogen-bond acceptors (Lipinski definition) is 3. The second-order valence-electron chi connectivity index (χ2n) is 7.33. The van der Waals surface area contributed by atoms with Crippen LogP contribution in [0.3, 0.4) is 0 Å². The molecule has 1 aliphatic heterocycles. The fourth-order valence-electron chi connectivity index (χ4n) is 3.60. The molecule has 0 spiro atoms. The first-order valence-corrected chi connectivity index (χ1v) is 12.5. The van der Waals surface area contributed by atoms with E-state index >= 15 is 0 Å². The van der Waals surface area contributed by atoms with Crippen molar-refractivity contribution in [2.75, 3.05) is 10.2 Å². The van der Waals surface area contributed by atoms with E-state index in [-0.39, 0.29) is 17.0 Å². The van der Waals surface area contributed by atoms with Crippen molar-refractivity contribution in [2.24, 2.45) is 0 Å². The molecular formula is C23H14Br4N2O3. The van der Waals surface area contributed by atoms with Gasteiger partial charge in [0.25, 0.3) is 17.7 Å². The molecule has 4 rings (SSSR count). The van der Waals surface area contributed by atoms with E-state index in [9.17, 15) is 14.4 Å². The smallest absolute Gasteiger partial charge is 0.267 e. The number of carbonyl (C=O) groups excluding carboxylic acids is 3. The van der Waals surface area contributed by atoms with Gasteiger partial charge in [-0.1, -0.05) is 6.07 Å². The first-order chi connectivity index (χ1) is 15.1. The predicted octanol–water partition coefficient (Wildman–Crippen LogP) is 7.41. The minimum absolute atomic E-state index is 0.272. The van der Waals surface area contributed by atoms with E-state index in [1.165, 1.54) is 0 Å². The zero-order valence-corrected chi connectivity index (χ0v) is 23.1. The van der Waals surface area contributed by atoms with Gasteiger partial charge in [-0.2, -0.15) is 0 Å². The minimum atomic E-state index is -0.446. The van der Waals surface area contributed by atoms with Crippen LogP contribution in [0, 0.1) is 13.8 Å². The number of rotatable bonds is 3. The fourth-order valence-corrected chi connectivity index (χ4v) is 6.05. The van der Waals surface area contributed by atoms with Crippen LogP contribution >= 0.6 is 63.7 Å². The number of fused-ring (bicyclic) bond motifs is 1. The van der Waals surface area contributed by atoms with Gasteiger partial charge in [0.2, 0.25) is 0 Å². The molecule has 162 valence electrons. The van der Waals surface area contributed by atoms with Gasteiger partial charge in [0.05, 0.1) is 16.8 Å². The summed E-state index contributed by atoms with van der Waals surface area (Å²) < 4.78 is 2.25. The number of imide groups is 1. The number of amides is 3. The van der Waals surface area contributed by atoms with Gasteiger partial charge in [0, 0.05) is 29.1 Å². The molecule has 0 saturated carbocycles. The van der Waals surface area contributed by atoms with Gasteiger partial charge in [0.1, 0.15) is 0 Å². The van der Waals surface area contributed by atoms with Gasteiger partial charge in [0.15, 0.2) is 0 Å². The van der Waals surface area contributed by atoms with Crippen LogP contribution in [0.4, 0.5) is 11.4 Å². The van der Waals surface area contributed by atoms with Crippen molar-refractivity contribution in [2.45, 2.75) is 13.8 Å². The van der Waals surface area contributed by atoms with Crippen molar-refractivity contribution in [3.63, 3.8) is 0 Å². The monoisotopic (exact) mass is 682 g/mol. The summed E-state index contributed by atoms with van der Waals surface area (Å²) in [6.07, 6.45) is 0. The number of carbonyl (C=O) groups is 3. The molecule has 0 atom stereocenters. The van der Waals surface area contributed by atoms with E-state index in [1.807, 2.05) is 32.0 Å². The molecule has 0 unspecified atom stereocenters. The van der Waals surface area contributed by atoms with Crippen molar-refractivity contribution < 1.29 is 14.4 Å². The molecule has 1 heterocycles. The summed E-state index contributed by atoms with van der Waals surface area (Å²) >= 11 is 13.6. The quantitative estimate of drug-likeness (QED) is 0.178. The van der Waals surface area contributed by atoms with Gasteiger partial charge in [-0.3, -0.25) is 14.4 Å². The van der Waals surface area contributed by atoms with Crippen LogP contribution < -0.4 is 10.2 Å². The van der Waals surface area contributed by atoms with Crippen LogP contribution in [0.25, 0.3) is 0 Å². The topological polar surface area (TPSA) is 66.5 Å². The first kappa shape index (κ1) is 23.4. The number of benzene rings is 3. The van der Waals surface area contributed by atoms with E-state index in [2.05, 4.69) is 69.0 Å². The van der Waals surface area contributed by atoms with Gasteiger partial charge in [-0.15, -0.1) is 0 Å². The second kappa shape index (κ2) is 8.85. The summed E-state index contributed by atoms with van der Waals surface area (Å²) in [6.45, 7) is 3.93. The number of nitrogens with zero attached hydrogens (tertiary/aromatic N) is 1. The fraction of sp³-hybridized carbons (Fsp3) is 0.0870. The Morgan fingerprint density at radius 2 is 1.22 bits per heavy atom. The highest BCUT2D eigenvalue weighted by Crippen LogP contribution is 2.46. The lowest BCUT2D eigenvalue weighted by atomic mass is 10.1. The zero-order chi connectivity index (χ0) is 23.3. The average molecular weight is 686 g/mol. The SMILES string of the molecule is Cc1cc(C)cc(NC(=O)c2ccc(N3C(=O)c4c(Br)c(Br)c(Br)c(Br)c4C3=O)cc2)c1. The maximum atomic E-state index is 13.1. The molecule has 9 heteroatoms. The molecular weight excluding hydrogens is 672 g/mol. The maximum absolute atomic E-state index is 13.1. The molecule has 0 bridgehead atoms. The number of halogens is 4. The lowest BCUT2D eigenvalue weighted by Crippen LogP contribution is -2.29. The molecule has 1 N–H and O–H groups in total. The molecule has 0 saturated heterocycles. The van der Waals surface area contributed by atoms with E-state index in [0.29, 0.717) is 34.8 Å². The van der Waals surface area contributed by atoms with Gasteiger partial charge in [-0.25, -0.2) is 4.90 Å². The summed E-state index contributed by atoms with van der Waals surface area (Å²) in [4.78, 5) is 40.0. The predicted molar refractivity (Wildman–Crippen MR) is 139 cm³/mol. The standard InChI is InChI=1S/C23H14Br4N2O3/c1-10-7-11(2)9-13(8-10)28-21(30)12-3-5-14(6-4-12)29-22(31)15-16(23(29)32)18(25)20(27)19(26)17(15)24/h3-9H,1-2H3,(H,28,30). The summed E-state index contributed by atoms with van der Waals surface area (Å²) in [6, 6.07) is 12.2. The molecule has 32 heavy (non-hydrogen) atoms. The maximum Gasteiger partial charge on any atom is 0.267 e. The third-order valence-corrected chi connectivity index (χ3v) is 9.74. The van der Waals surface area contributed by atoms with Crippen molar-refractivity contribution in [1.82, 2.24) is 0 Å². The Bertz CT molecular complexity index is 1250. The van der Waals surface area contributed by atoms with Crippen molar-refractivity contribution in [3.8, 4) is 0 Å². The van der Waals surface area contributed by atoms with Crippen LogP contribution in [-0.2, 0) is 0 Å². The van der Waals surface area contributed by atoms with E-state index in [0.717, 1.165) is 16.0 Å². The normalized spacial score (nSPS) is 12.9. The Kier molecular flexibility index (Phi) is 6.46. The Morgan fingerprint density at radius 1 is 0.750 bits per heavy atom. The molecule has 3 amide bonds. The third kappa shape index (κ3) is 4.00. The minimum Gasteiger partial charge on any atom is -0.322 e. The van der Waals surface area contributed by atoms with Crippen molar-refractivity contribution in [1.29, 1.82) is 0 Å². The summed E-state index contributed by atoms with van der Waals surface area (Å²) in [7, 11) is 0. The molecule has 0 radical (unpaired) electrons. The van der Waals surface area contributed by atoms with Crippen molar-refractivity contribution in [3.05, 3.63) is 88.2 Å². The van der Waals surface area contributed by atoms with Gasteiger partial charge >= 0.3 is 0 Å². The molecule has 0 aliphatic carbocycles. The number of anilines is 2. The van der Waals surface area contributed by atoms with Crippen LogP contribution in [0.1, 0.15) is 42.2 Å². The van der Waals surface area contributed by atoms with E-state index in [4.69, 9.17) is 0 Å². The largest absolute Gasteiger partial charge is 0.322 e. The Morgan fingerprint density at radius 3 is 1.69 bits per heavy atom. The molecule has 3 aromatic carbocycles. The van der Waals surface area contributed by atoms with E-state index < -0.39 is 11.8 Å². The summed E-state index contributed by atoms with van der Waals surface area (Å²) in [5.74, 6) is -1.17. The highest BCUT2D eigenvalue weighted by molar-refractivity contribution is 9.15. The Labute approximate surface area is 218 Å². The first-order valence-electron chi connectivity index (χ1n) is 9.34. The molecule has 0 aromatic heterocycles. The summed E-state index contributed by atoms with van der Waals surface area (Å²) in [5.41, 5.74) is 4.15. The molecule has 3 aromatic rings. The summed E-state index contributed by atoms with van der Waals surface area (Å²) in [5, 5.41) is 2.88. The molecule has 5 nitrogen and oxygen atoms in total. The highest BCUT2D eigenvalue weighted by atomic mass is 79.9. The number of aryl methyl sites for hydroxylation is 2. The van der Waals surface area contributed by atoms with Crippen molar-refractivity contribution >= 4 is 92.8 Å². The number of nitrogens with one attached hydrogen (secondary N) is 1. The average Bonchev–Trinajstić information content (AvgIpc) is 3.00. The third-order valence-electron chi connectivity index (χ3n) is 4.97. The van der Waals surface area contributed by atoms with Gasteiger partial charge < -0.3 is 5.32 Å². The zero-order valence-electron chi connectivity index (χ0n) is 16.7.